The van der Waals surface area contributed by atoms with Gasteiger partial charge in [-0.3, -0.25) is 0 Å². The van der Waals surface area contributed by atoms with Crippen LogP contribution in [-0.4, -0.2) is 23.9 Å². The highest BCUT2D eigenvalue weighted by Crippen LogP contribution is 2.28. The summed E-state index contributed by atoms with van der Waals surface area (Å²) in [7, 11) is 0. The summed E-state index contributed by atoms with van der Waals surface area (Å²) in [5.74, 6) is -0.849. The quantitative estimate of drug-likeness (QED) is 0.0214. The molecule has 6 aromatic rings. The number of ether oxygens (including phenoxy) is 4. The largest absolute Gasteiger partial charge is 0.423 e. The first-order chi connectivity index (χ1) is 38.3. The minimum absolute atomic E-state index is 0.283. The van der Waals surface area contributed by atoms with Crippen molar-refractivity contribution in [3.8, 4) is 23.0 Å². The summed E-state index contributed by atoms with van der Waals surface area (Å²) >= 11 is 0. The molecule has 0 aliphatic carbocycles. The highest BCUT2D eigenvalue weighted by molar-refractivity contribution is 5.95. The fourth-order valence-corrected chi connectivity index (χ4v) is 9.97. The van der Waals surface area contributed by atoms with Crippen molar-refractivity contribution in [1.29, 1.82) is 0 Å². The molecule has 0 atom stereocenters. The lowest BCUT2D eigenvalue weighted by Gasteiger charge is -2.09. The molecule has 0 fully saturated rings. The number of carbonyl (C=O) groups is 4. The summed E-state index contributed by atoms with van der Waals surface area (Å²) in [5.41, 5.74) is 3.92. The normalized spacial score (nSPS) is 11.2. The molecule has 8 heteroatoms. The van der Waals surface area contributed by atoms with Crippen molar-refractivity contribution in [3.63, 3.8) is 0 Å². The van der Waals surface area contributed by atoms with Gasteiger partial charge in [0.25, 0.3) is 0 Å². The number of rotatable bonds is 38. The smallest absolute Gasteiger partial charge is 0.343 e. The van der Waals surface area contributed by atoms with Crippen molar-refractivity contribution in [3.05, 3.63) is 167 Å². The Labute approximate surface area is 467 Å². The summed E-state index contributed by atoms with van der Waals surface area (Å²) in [5, 5.41) is 1.55. The Bertz CT molecular complexity index is 2490. The van der Waals surface area contributed by atoms with Crippen LogP contribution in [0.5, 0.6) is 23.0 Å². The van der Waals surface area contributed by atoms with E-state index in [0.717, 1.165) is 31.1 Å². The van der Waals surface area contributed by atoms with Gasteiger partial charge in [-0.05, 0) is 145 Å². The van der Waals surface area contributed by atoms with Crippen LogP contribution in [0.2, 0.25) is 0 Å². The molecule has 0 saturated heterocycles. The molecular formula is C70H88O8. The van der Waals surface area contributed by atoms with Crippen LogP contribution in [0.1, 0.15) is 246 Å². The van der Waals surface area contributed by atoms with Gasteiger partial charge < -0.3 is 18.9 Å². The van der Waals surface area contributed by atoms with Crippen LogP contribution in [0, 0.1) is 0 Å². The Morgan fingerprint density at radius 2 is 0.487 bits per heavy atom. The van der Waals surface area contributed by atoms with Crippen LogP contribution in [-0.2, 0) is 12.8 Å². The molecule has 0 heterocycles. The molecule has 8 nitrogen and oxygen atoms in total. The van der Waals surface area contributed by atoms with Gasteiger partial charge in [0.1, 0.15) is 23.0 Å². The monoisotopic (exact) mass is 1060 g/mol. The summed E-state index contributed by atoms with van der Waals surface area (Å²) < 4.78 is 22.6. The molecule has 78 heavy (non-hydrogen) atoms. The second-order valence-corrected chi connectivity index (χ2v) is 21.4. The second-order valence-electron chi connectivity index (χ2n) is 21.4. The van der Waals surface area contributed by atoms with Crippen LogP contribution in [0.15, 0.2) is 133 Å². The third-order valence-corrected chi connectivity index (χ3v) is 14.8. The van der Waals surface area contributed by atoms with Crippen molar-refractivity contribution in [2.75, 3.05) is 0 Å². The van der Waals surface area contributed by atoms with Crippen LogP contribution in [0.25, 0.3) is 10.8 Å². The van der Waals surface area contributed by atoms with Gasteiger partial charge in [-0.2, -0.15) is 0 Å². The zero-order valence-corrected chi connectivity index (χ0v) is 47.2. The zero-order chi connectivity index (χ0) is 54.8. The molecule has 0 amide bonds. The molecule has 0 N–H and O–H groups in total. The van der Waals surface area contributed by atoms with Crippen LogP contribution >= 0.6 is 0 Å². The summed E-state index contributed by atoms with van der Waals surface area (Å²) in [6, 6.07) is 38.1. The van der Waals surface area contributed by atoms with Crippen molar-refractivity contribution in [1.82, 2.24) is 0 Å². The number of benzene rings is 6. The van der Waals surface area contributed by atoms with Gasteiger partial charge in [-0.1, -0.05) is 217 Å². The Hall–Kier alpha value is -6.54. The van der Waals surface area contributed by atoms with Gasteiger partial charge in [-0.25, -0.2) is 19.2 Å². The Balaban J connectivity index is 0.851. The van der Waals surface area contributed by atoms with Crippen molar-refractivity contribution < 1.29 is 38.1 Å². The van der Waals surface area contributed by atoms with Crippen LogP contribution < -0.4 is 18.9 Å². The summed E-state index contributed by atoms with van der Waals surface area (Å²) in [6.45, 7) is 4.54. The number of aryl methyl sites for hydroxylation is 2. The molecule has 0 radical (unpaired) electrons. The Morgan fingerprint density at radius 1 is 0.256 bits per heavy atom. The maximum Gasteiger partial charge on any atom is 0.343 e. The minimum atomic E-state index is -0.582. The van der Waals surface area contributed by atoms with E-state index in [4.69, 9.17) is 18.9 Å². The molecule has 6 aromatic carbocycles. The highest BCUT2D eigenvalue weighted by atomic mass is 16.5. The number of carbonyl (C=O) groups excluding carboxylic acids is 4. The molecule has 416 valence electrons. The molecule has 0 aliphatic heterocycles. The fourth-order valence-electron chi connectivity index (χ4n) is 9.97. The third kappa shape index (κ3) is 22.8. The molecule has 0 aromatic heterocycles. The lowest BCUT2D eigenvalue weighted by molar-refractivity contribution is 0.0720. The number of hydrogen-bond acceptors (Lipinski definition) is 8. The molecule has 0 saturated carbocycles. The zero-order valence-electron chi connectivity index (χ0n) is 47.2. The van der Waals surface area contributed by atoms with Crippen LogP contribution in [0.3, 0.4) is 0 Å². The molecule has 0 unspecified atom stereocenters. The van der Waals surface area contributed by atoms with Gasteiger partial charge in [0.05, 0.1) is 22.3 Å². The van der Waals surface area contributed by atoms with E-state index in [0.29, 0.717) is 39.5 Å². The third-order valence-electron chi connectivity index (χ3n) is 14.8. The standard InChI is InChI=1S/C70H88O8/c1-3-5-7-9-11-13-15-17-19-21-23-25-27-29-31-55-33-37-58(38-34-55)67(71)75-63-47-43-60(44-48-63)69(73)77-65-51-41-57-42-52-66(54-62(57)53-65)78-70(74)61-45-49-64(50-46-61)76-68(72)59-39-35-56(36-40-59)32-30-28-26-24-22-20-18-16-14-12-10-8-6-4-2/h33-54H,3-32H2,1-2H3. The summed E-state index contributed by atoms with van der Waals surface area (Å²) in [4.78, 5) is 52.2. The highest BCUT2D eigenvalue weighted by Gasteiger charge is 2.15. The van der Waals surface area contributed by atoms with E-state index >= 15 is 0 Å². The van der Waals surface area contributed by atoms with Gasteiger partial charge >= 0.3 is 23.9 Å². The second kappa shape index (κ2) is 35.8. The van der Waals surface area contributed by atoms with Gasteiger partial charge in [-0.15, -0.1) is 0 Å². The first-order valence-electron chi connectivity index (χ1n) is 30.1. The average Bonchev–Trinajstić information content (AvgIpc) is 3.47. The molecular weight excluding hydrogens is 969 g/mol. The first kappa shape index (κ1) is 60.7. The summed E-state index contributed by atoms with van der Waals surface area (Å²) in [6.07, 6.45) is 39.5. The maximum absolute atomic E-state index is 13.2. The van der Waals surface area contributed by atoms with E-state index in [9.17, 15) is 19.2 Å². The van der Waals surface area contributed by atoms with E-state index < -0.39 is 23.9 Å². The lowest BCUT2D eigenvalue weighted by Crippen LogP contribution is -2.10. The Morgan fingerprint density at radius 3 is 0.769 bits per heavy atom. The molecule has 0 bridgehead atoms. The van der Waals surface area contributed by atoms with Crippen molar-refractivity contribution >= 4 is 34.6 Å². The van der Waals surface area contributed by atoms with Gasteiger partial charge in [0.15, 0.2) is 0 Å². The number of esters is 4. The number of fused-ring (bicyclic) bond motifs is 1. The Kier molecular flexibility index (Phi) is 27.8. The lowest BCUT2D eigenvalue weighted by atomic mass is 10.0. The van der Waals surface area contributed by atoms with E-state index in [1.165, 1.54) is 178 Å². The fraction of sp³-hybridized carbons (Fsp3) is 0.457. The molecule has 0 aliphatic rings. The van der Waals surface area contributed by atoms with E-state index in [-0.39, 0.29) is 11.1 Å². The SMILES string of the molecule is CCCCCCCCCCCCCCCCc1ccc(C(=O)Oc2ccc(C(=O)Oc3ccc4ccc(OC(=O)c5ccc(OC(=O)c6ccc(CCCCCCCCCCCCCCCC)cc6)cc5)cc4c3)cc2)cc1. The predicted molar refractivity (Wildman–Crippen MR) is 318 cm³/mol. The van der Waals surface area contributed by atoms with Crippen molar-refractivity contribution in [2.24, 2.45) is 0 Å². The van der Waals surface area contributed by atoms with E-state index in [1.54, 1.807) is 72.8 Å². The van der Waals surface area contributed by atoms with Crippen molar-refractivity contribution in [2.45, 2.75) is 206 Å². The van der Waals surface area contributed by atoms with E-state index in [1.807, 2.05) is 60.7 Å². The topological polar surface area (TPSA) is 105 Å². The average molecular weight is 1060 g/mol. The van der Waals surface area contributed by atoms with Gasteiger partial charge in [0, 0.05) is 0 Å². The maximum atomic E-state index is 13.2. The van der Waals surface area contributed by atoms with E-state index in [2.05, 4.69) is 13.8 Å². The number of unbranched alkanes of at least 4 members (excludes halogenated alkanes) is 26. The van der Waals surface area contributed by atoms with Crippen LogP contribution in [0.4, 0.5) is 0 Å². The molecule has 0 spiro atoms. The first-order valence-corrected chi connectivity index (χ1v) is 30.1. The predicted octanol–water partition coefficient (Wildman–Crippen LogP) is 19.8. The number of hydrogen-bond donors (Lipinski definition) is 0. The minimum Gasteiger partial charge on any atom is -0.423 e. The molecule has 6 rings (SSSR count). The van der Waals surface area contributed by atoms with Gasteiger partial charge in [0.2, 0.25) is 0 Å².